The van der Waals surface area contributed by atoms with Gasteiger partial charge in [0.2, 0.25) is 5.91 Å². The summed E-state index contributed by atoms with van der Waals surface area (Å²) in [7, 11) is -3.90. The summed E-state index contributed by atoms with van der Waals surface area (Å²) >= 11 is 1.11. The molecule has 0 aliphatic heterocycles. The summed E-state index contributed by atoms with van der Waals surface area (Å²) in [6, 6.07) is 11.2. The van der Waals surface area contributed by atoms with Crippen molar-refractivity contribution in [3.8, 4) is 5.75 Å². The van der Waals surface area contributed by atoms with Crippen molar-refractivity contribution in [1.82, 2.24) is 4.98 Å². The standard InChI is InChI=1S/C21H22N4O5S2/c1-4-30-17-9-7-15(8-10-17)25-32(28,29)19-11-16(6-5-13(19)2)23-20(27)18-12-31-21(24-18)22-14(3)26/h5-12,25H,4H2,1-3H3,(H,23,27)(H,22,24,26). The van der Waals surface area contributed by atoms with Crippen LogP contribution >= 0.6 is 11.3 Å². The highest BCUT2D eigenvalue weighted by Gasteiger charge is 2.19. The molecule has 3 N–H and O–H groups in total. The normalized spacial score (nSPS) is 11.0. The Balaban J connectivity index is 1.77. The van der Waals surface area contributed by atoms with Gasteiger partial charge in [-0.2, -0.15) is 0 Å². The van der Waals surface area contributed by atoms with Gasteiger partial charge < -0.3 is 15.4 Å². The van der Waals surface area contributed by atoms with Crippen molar-refractivity contribution in [2.24, 2.45) is 0 Å². The maximum absolute atomic E-state index is 12.9. The Bertz CT molecular complexity index is 1240. The van der Waals surface area contributed by atoms with Crippen LogP contribution in [0.2, 0.25) is 0 Å². The van der Waals surface area contributed by atoms with E-state index in [2.05, 4.69) is 20.3 Å². The molecule has 2 aromatic carbocycles. The summed E-state index contributed by atoms with van der Waals surface area (Å²) in [5.74, 6) is -0.177. The average molecular weight is 475 g/mol. The number of hydrogen-bond acceptors (Lipinski definition) is 7. The zero-order chi connectivity index (χ0) is 23.3. The molecule has 0 saturated heterocycles. The highest BCUT2D eigenvalue weighted by atomic mass is 32.2. The first-order chi connectivity index (χ1) is 15.2. The second-order valence-corrected chi connectivity index (χ2v) is 9.23. The maximum Gasteiger partial charge on any atom is 0.275 e. The number of aromatic nitrogens is 1. The Kier molecular flexibility index (Phi) is 7.11. The maximum atomic E-state index is 12.9. The second kappa shape index (κ2) is 9.79. The SMILES string of the molecule is CCOc1ccc(NS(=O)(=O)c2cc(NC(=O)c3csc(NC(C)=O)n3)ccc2C)cc1. The lowest BCUT2D eigenvalue weighted by molar-refractivity contribution is -0.114. The average Bonchev–Trinajstić information content (AvgIpc) is 3.19. The molecule has 2 amide bonds. The van der Waals surface area contributed by atoms with Gasteiger partial charge in [0.05, 0.1) is 11.5 Å². The minimum absolute atomic E-state index is 0.0291. The van der Waals surface area contributed by atoms with Crippen LogP contribution in [-0.4, -0.2) is 31.8 Å². The Morgan fingerprint density at radius 2 is 1.75 bits per heavy atom. The predicted molar refractivity (Wildman–Crippen MR) is 124 cm³/mol. The molecule has 1 heterocycles. The molecular formula is C21H22N4O5S2. The van der Waals surface area contributed by atoms with E-state index < -0.39 is 15.9 Å². The number of benzene rings is 2. The first-order valence-electron chi connectivity index (χ1n) is 9.58. The summed E-state index contributed by atoms with van der Waals surface area (Å²) in [6.45, 7) is 5.38. The fourth-order valence-electron chi connectivity index (χ4n) is 2.74. The fourth-order valence-corrected chi connectivity index (χ4v) is 4.81. The third-order valence-electron chi connectivity index (χ3n) is 4.17. The van der Waals surface area contributed by atoms with E-state index in [0.717, 1.165) is 11.3 Å². The molecule has 0 spiro atoms. The van der Waals surface area contributed by atoms with Crippen molar-refractivity contribution in [2.45, 2.75) is 25.7 Å². The lowest BCUT2D eigenvalue weighted by Crippen LogP contribution is -2.16. The molecule has 0 bridgehead atoms. The van der Waals surface area contributed by atoms with E-state index in [1.807, 2.05) is 6.92 Å². The summed E-state index contributed by atoms with van der Waals surface area (Å²) < 4.78 is 33.8. The van der Waals surface area contributed by atoms with E-state index in [4.69, 9.17) is 4.74 Å². The number of aryl methyl sites for hydroxylation is 1. The van der Waals surface area contributed by atoms with Crippen molar-refractivity contribution in [3.05, 3.63) is 59.1 Å². The Morgan fingerprint density at radius 3 is 2.41 bits per heavy atom. The monoisotopic (exact) mass is 474 g/mol. The topological polar surface area (TPSA) is 126 Å². The van der Waals surface area contributed by atoms with E-state index in [9.17, 15) is 18.0 Å². The van der Waals surface area contributed by atoms with Gasteiger partial charge in [0.1, 0.15) is 11.4 Å². The summed E-state index contributed by atoms with van der Waals surface area (Å²) in [6.07, 6.45) is 0. The first-order valence-corrected chi connectivity index (χ1v) is 11.9. The van der Waals surface area contributed by atoms with Crippen LogP contribution in [0, 0.1) is 6.92 Å². The Labute approximate surface area is 189 Å². The van der Waals surface area contributed by atoms with Crippen LogP contribution in [-0.2, 0) is 14.8 Å². The minimum Gasteiger partial charge on any atom is -0.494 e. The second-order valence-electron chi connectivity index (χ2n) is 6.72. The van der Waals surface area contributed by atoms with Crippen LogP contribution in [0.4, 0.5) is 16.5 Å². The number of thiazole rings is 1. The number of rotatable bonds is 8. The van der Waals surface area contributed by atoms with E-state index in [-0.39, 0.29) is 16.5 Å². The highest BCUT2D eigenvalue weighted by Crippen LogP contribution is 2.25. The summed E-state index contributed by atoms with van der Waals surface area (Å²) in [4.78, 5) is 27.7. The van der Waals surface area contributed by atoms with Gasteiger partial charge >= 0.3 is 0 Å². The molecule has 3 rings (SSSR count). The van der Waals surface area contributed by atoms with Gasteiger partial charge in [0, 0.05) is 23.7 Å². The van der Waals surface area contributed by atoms with Crippen molar-refractivity contribution >= 4 is 49.7 Å². The quantitative estimate of drug-likeness (QED) is 0.455. The minimum atomic E-state index is -3.90. The van der Waals surface area contributed by atoms with Gasteiger partial charge in [0.25, 0.3) is 15.9 Å². The van der Waals surface area contributed by atoms with Crippen LogP contribution in [0.1, 0.15) is 29.9 Å². The molecule has 0 aliphatic rings. The van der Waals surface area contributed by atoms with Gasteiger partial charge in [-0.25, -0.2) is 13.4 Å². The van der Waals surface area contributed by atoms with Gasteiger partial charge in [-0.15, -0.1) is 11.3 Å². The van der Waals surface area contributed by atoms with Gasteiger partial charge in [-0.05, 0) is 55.8 Å². The molecule has 32 heavy (non-hydrogen) atoms. The third-order valence-corrected chi connectivity index (χ3v) is 6.45. The number of nitrogens with zero attached hydrogens (tertiary/aromatic N) is 1. The summed E-state index contributed by atoms with van der Waals surface area (Å²) in [5, 5.41) is 6.94. The number of nitrogens with one attached hydrogen (secondary N) is 3. The van der Waals surface area contributed by atoms with E-state index in [1.54, 1.807) is 43.3 Å². The van der Waals surface area contributed by atoms with Crippen molar-refractivity contribution in [1.29, 1.82) is 0 Å². The third kappa shape index (κ3) is 5.83. The first kappa shape index (κ1) is 23.2. The smallest absolute Gasteiger partial charge is 0.275 e. The molecule has 0 saturated carbocycles. The van der Waals surface area contributed by atoms with E-state index in [1.165, 1.54) is 18.4 Å². The lowest BCUT2D eigenvalue weighted by atomic mass is 10.2. The van der Waals surface area contributed by atoms with Crippen LogP contribution < -0.4 is 20.1 Å². The predicted octanol–water partition coefficient (Wildman–Crippen LogP) is 3.86. The number of sulfonamides is 1. The number of carbonyl (C=O) groups is 2. The van der Waals surface area contributed by atoms with Crippen LogP contribution in [0.15, 0.2) is 52.7 Å². The molecule has 0 fully saturated rings. The number of carbonyl (C=O) groups excluding carboxylic acids is 2. The fraction of sp³-hybridized carbons (Fsp3) is 0.190. The molecule has 9 nitrogen and oxygen atoms in total. The number of amides is 2. The van der Waals surface area contributed by atoms with Crippen LogP contribution in [0.5, 0.6) is 5.75 Å². The zero-order valence-corrected chi connectivity index (χ0v) is 19.3. The largest absolute Gasteiger partial charge is 0.494 e. The molecule has 1 aromatic heterocycles. The molecule has 0 aliphatic carbocycles. The molecule has 168 valence electrons. The van der Waals surface area contributed by atoms with Crippen molar-refractivity contribution < 1.29 is 22.7 Å². The van der Waals surface area contributed by atoms with Crippen LogP contribution in [0.25, 0.3) is 0 Å². The molecule has 0 radical (unpaired) electrons. The summed E-state index contributed by atoms with van der Waals surface area (Å²) in [5.41, 5.74) is 1.30. The Morgan fingerprint density at radius 1 is 1.06 bits per heavy atom. The molecule has 3 aromatic rings. The molecule has 0 atom stereocenters. The molecular weight excluding hydrogens is 452 g/mol. The van der Waals surface area contributed by atoms with Gasteiger partial charge in [-0.1, -0.05) is 6.07 Å². The van der Waals surface area contributed by atoms with Gasteiger partial charge in [-0.3, -0.25) is 14.3 Å². The number of hydrogen-bond donors (Lipinski definition) is 3. The lowest BCUT2D eigenvalue weighted by Gasteiger charge is -2.13. The van der Waals surface area contributed by atoms with E-state index in [0.29, 0.717) is 34.4 Å². The van der Waals surface area contributed by atoms with Crippen molar-refractivity contribution in [3.63, 3.8) is 0 Å². The zero-order valence-electron chi connectivity index (χ0n) is 17.6. The molecule has 0 unspecified atom stereocenters. The highest BCUT2D eigenvalue weighted by molar-refractivity contribution is 7.92. The van der Waals surface area contributed by atoms with Gasteiger partial charge in [0.15, 0.2) is 5.13 Å². The van der Waals surface area contributed by atoms with Crippen LogP contribution in [0.3, 0.4) is 0 Å². The van der Waals surface area contributed by atoms with E-state index >= 15 is 0 Å². The Hall–Kier alpha value is -3.44. The molecule has 11 heteroatoms. The van der Waals surface area contributed by atoms with Crippen molar-refractivity contribution in [2.75, 3.05) is 22.0 Å². The number of ether oxygens (including phenoxy) is 1. The number of anilines is 3.